The Hall–Kier alpha value is -4.81. The molecule has 14 nitrogen and oxygen atoms in total. The van der Waals surface area contributed by atoms with E-state index < -0.39 is 24.0 Å². The van der Waals surface area contributed by atoms with Crippen LogP contribution in [-0.2, 0) is 15.3 Å². The second kappa shape index (κ2) is 22.2. The number of hydrogen-bond acceptors (Lipinski definition) is 12. The number of amides is 1. The van der Waals surface area contributed by atoms with Crippen molar-refractivity contribution in [3.05, 3.63) is 75.8 Å². The molecule has 0 aliphatic carbocycles. The van der Waals surface area contributed by atoms with Gasteiger partial charge in [-0.2, -0.15) is 10.5 Å². The number of nitrogens with two attached hydrogens (primary N) is 3. The number of aliphatic carboxylic acids is 1. The van der Waals surface area contributed by atoms with E-state index in [4.69, 9.17) is 43.5 Å². The summed E-state index contributed by atoms with van der Waals surface area (Å²) in [6.07, 6.45) is 2.66. The number of nitrogens with zero attached hydrogens (tertiary/aromatic N) is 7. The number of pyridine rings is 1. The minimum Gasteiger partial charge on any atom is -0.492 e. The van der Waals surface area contributed by atoms with Crippen LogP contribution in [0.4, 0.5) is 5.82 Å². The quantitative estimate of drug-likeness (QED) is 0.0409. The smallest absolute Gasteiger partial charge is 0.326 e. The van der Waals surface area contributed by atoms with Gasteiger partial charge in [0.2, 0.25) is 5.91 Å². The lowest BCUT2D eigenvalue weighted by atomic mass is 9.96. The molecule has 19 heteroatoms. The predicted octanol–water partition coefficient (Wildman–Crippen LogP) is 6.07. The first-order chi connectivity index (χ1) is 26.5. The Balaban J connectivity index is 0.00000435. The van der Waals surface area contributed by atoms with Crippen LogP contribution < -0.4 is 26.8 Å². The summed E-state index contributed by atoms with van der Waals surface area (Å²) in [6, 6.07) is 17.0. The highest BCUT2D eigenvalue weighted by atomic mass is 35.5. The van der Waals surface area contributed by atoms with Gasteiger partial charge < -0.3 is 36.8 Å². The van der Waals surface area contributed by atoms with E-state index in [1.165, 1.54) is 34.9 Å². The van der Waals surface area contributed by atoms with E-state index in [0.29, 0.717) is 57.0 Å². The van der Waals surface area contributed by atoms with Crippen LogP contribution in [-0.4, -0.2) is 82.7 Å². The van der Waals surface area contributed by atoms with Crippen molar-refractivity contribution in [3.63, 3.8) is 0 Å². The van der Waals surface area contributed by atoms with Crippen LogP contribution in [0.2, 0.25) is 5.02 Å². The first kappa shape index (κ1) is 46.6. The third-order valence-corrected chi connectivity index (χ3v) is 11.1. The first-order valence-corrected chi connectivity index (χ1v) is 19.8. The number of carboxylic acid groups (broad SMARTS) is 1. The van der Waals surface area contributed by atoms with Gasteiger partial charge in [0.15, 0.2) is 5.96 Å². The fraction of sp³-hybridized carbons (Fsp3) is 0.342. The number of anilines is 1. The summed E-state index contributed by atoms with van der Waals surface area (Å²) >= 11 is 8.98. The summed E-state index contributed by atoms with van der Waals surface area (Å²) in [5.41, 5.74) is 20.3. The molecule has 7 N–H and O–H groups in total. The Bertz CT molecular complexity index is 2100. The number of hydrogen-bond donors (Lipinski definition) is 4. The zero-order valence-corrected chi connectivity index (χ0v) is 35.0. The molecular weight excluding hydrogens is 831 g/mol. The number of rotatable bonds is 17. The summed E-state index contributed by atoms with van der Waals surface area (Å²) in [5.74, 6) is -0.309. The molecule has 2 aromatic carbocycles. The topological polar surface area (TPSA) is 234 Å². The Labute approximate surface area is 356 Å². The Kier molecular flexibility index (Phi) is 18.1. The van der Waals surface area contributed by atoms with Crippen LogP contribution in [0.1, 0.15) is 49.4 Å². The molecule has 2 atom stereocenters. The highest BCUT2D eigenvalue weighted by molar-refractivity contribution is 7.98. The van der Waals surface area contributed by atoms with Gasteiger partial charge in [0.1, 0.15) is 52.0 Å². The standard InChI is InChI=1S/C38H41ClN10O4S2.2ClH/c1-23(37(51)52)49(36(50)31(42)5-4-14-45-38(43)44)17-18-53-28-12-8-24(9-13-28)32-29(19-40)33(48-15-2-3-16-48)47-35(30(32)20-41)55-22-27-21-54-34(46-27)25-6-10-26(39)11-7-25;;/h6-13,21,23,31H,2-5,14-18,22,42H2,1H3,(H,51,52)(H4,43,44,45);2*1H/t23-,31-;;/m0../s1. The third kappa shape index (κ3) is 12.1. The molecule has 1 fully saturated rings. The van der Waals surface area contributed by atoms with Crippen LogP contribution in [0.3, 0.4) is 0 Å². The zero-order chi connectivity index (χ0) is 39.5. The average molecular weight is 874 g/mol. The van der Waals surface area contributed by atoms with Crippen LogP contribution in [0, 0.1) is 22.7 Å². The van der Waals surface area contributed by atoms with E-state index >= 15 is 0 Å². The minimum atomic E-state index is -1.18. The van der Waals surface area contributed by atoms with Crippen molar-refractivity contribution in [3.8, 4) is 39.6 Å². The van der Waals surface area contributed by atoms with Crippen molar-refractivity contribution in [2.45, 2.75) is 55.5 Å². The molecule has 1 aliphatic rings. The average Bonchev–Trinajstić information content (AvgIpc) is 3.90. The highest BCUT2D eigenvalue weighted by Crippen LogP contribution is 2.40. The van der Waals surface area contributed by atoms with Gasteiger partial charge in [-0.3, -0.25) is 9.79 Å². The third-order valence-electron chi connectivity index (χ3n) is 8.91. The molecule has 5 rings (SSSR count). The number of halogens is 3. The van der Waals surface area contributed by atoms with Crippen molar-refractivity contribution in [2.24, 2.45) is 22.2 Å². The second-order valence-electron chi connectivity index (χ2n) is 12.7. The predicted molar refractivity (Wildman–Crippen MR) is 229 cm³/mol. The van der Waals surface area contributed by atoms with Gasteiger partial charge in [-0.25, -0.2) is 14.8 Å². The van der Waals surface area contributed by atoms with Gasteiger partial charge in [0.25, 0.3) is 0 Å². The van der Waals surface area contributed by atoms with Crippen molar-refractivity contribution >= 4 is 83.2 Å². The molecule has 2 aromatic heterocycles. The molecule has 1 saturated heterocycles. The van der Waals surface area contributed by atoms with Crippen molar-refractivity contribution in [2.75, 3.05) is 37.7 Å². The van der Waals surface area contributed by atoms with Crippen LogP contribution in [0.5, 0.6) is 5.75 Å². The second-order valence-corrected chi connectivity index (χ2v) is 15.0. The number of guanidine groups is 1. The number of benzene rings is 2. The van der Waals surface area contributed by atoms with E-state index in [0.717, 1.165) is 42.2 Å². The fourth-order valence-electron chi connectivity index (χ4n) is 6.02. The number of ether oxygens (including phenoxy) is 1. The van der Waals surface area contributed by atoms with E-state index in [2.05, 4.69) is 22.0 Å². The summed E-state index contributed by atoms with van der Waals surface area (Å²) in [7, 11) is 0. The number of carbonyl (C=O) groups excluding carboxylic acids is 1. The maximum atomic E-state index is 13.2. The Morgan fingerprint density at radius 3 is 2.32 bits per heavy atom. The maximum Gasteiger partial charge on any atom is 0.326 e. The van der Waals surface area contributed by atoms with Gasteiger partial charge in [-0.15, -0.1) is 36.2 Å². The van der Waals surface area contributed by atoms with Crippen LogP contribution >= 0.6 is 59.5 Å². The Morgan fingerprint density at radius 1 is 1.05 bits per heavy atom. The molecule has 0 radical (unpaired) electrons. The Morgan fingerprint density at radius 2 is 1.70 bits per heavy atom. The van der Waals surface area contributed by atoms with Crippen molar-refractivity contribution < 1.29 is 19.4 Å². The number of thioether (sulfide) groups is 1. The van der Waals surface area contributed by atoms with E-state index in [1.807, 2.05) is 29.6 Å². The summed E-state index contributed by atoms with van der Waals surface area (Å²) in [4.78, 5) is 41.9. The number of carbonyl (C=O) groups is 2. The molecule has 4 aromatic rings. The molecular formula is C38H43Cl3N10O4S2. The normalized spacial score (nSPS) is 12.9. The fourth-order valence-corrected chi connectivity index (χ4v) is 7.95. The van der Waals surface area contributed by atoms with E-state index in [-0.39, 0.29) is 55.9 Å². The number of nitriles is 2. The summed E-state index contributed by atoms with van der Waals surface area (Å²) in [5, 5.41) is 34.6. The molecule has 0 bridgehead atoms. The molecule has 57 heavy (non-hydrogen) atoms. The number of aliphatic imine (C=N–C) groups is 1. The van der Waals surface area contributed by atoms with Gasteiger partial charge in [0, 0.05) is 46.9 Å². The monoisotopic (exact) mass is 872 g/mol. The van der Waals surface area contributed by atoms with Gasteiger partial charge >= 0.3 is 5.97 Å². The number of thiazole rings is 1. The van der Waals surface area contributed by atoms with Crippen molar-refractivity contribution in [1.82, 2.24) is 14.9 Å². The molecule has 3 heterocycles. The molecule has 0 saturated carbocycles. The summed E-state index contributed by atoms with van der Waals surface area (Å²) in [6.45, 7) is 3.17. The van der Waals surface area contributed by atoms with Crippen LogP contribution in [0.25, 0.3) is 21.7 Å². The number of aromatic nitrogens is 2. The van der Waals surface area contributed by atoms with Gasteiger partial charge in [-0.1, -0.05) is 47.6 Å². The van der Waals surface area contributed by atoms with E-state index in [9.17, 15) is 25.2 Å². The van der Waals surface area contributed by atoms with E-state index in [1.54, 1.807) is 24.3 Å². The van der Waals surface area contributed by atoms with Gasteiger partial charge in [-0.05, 0) is 62.4 Å². The zero-order valence-electron chi connectivity index (χ0n) is 31.0. The molecule has 0 spiro atoms. The highest BCUT2D eigenvalue weighted by Gasteiger charge is 2.30. The molecule has 302 valence electrons. The molecule has 1 amide bonds. The first-order valence-electron chi connectivity index (χ1n) is 17.5. The number of carboxylic acids is 1. The SMILES string of the molecule is C[C@@H](C(=O)O)N(CCOc1ccc(-c2c(C#N)c(SCc3csc(-c4ccc(Cl)cc4)n3)nc(N3CCCC3)c2C#N)cc1)C(=O)[C@@H](N)CCCN=C(N)N.Cl.Cl. The largest absolute Gasteiger partial charge is 0.492 e. The minimum absolute atomic E-state index is 0. The summed E-state index contributed by atoms with van der Waals surface area (Å²) < 4.78 is 5.94. The van der Waals surface area contributed by atoms with Gasteiger partial charge in [0.05, 0.1) is 23.8 Å². The molecule has 0 unspecified atom stereocenters. The molecule has 1 aliphatic heterocycles. The lowest BCUT2D eigenvalue weighted by Crippen LogP contribution is -2.51. The lowest BCUT2D eigenvalue weighted by molar-refractivity contribution is -0.150. The lowest BCUT2D eigenvalue weighted by Gasteiger charge is -2.29. The van der Waals surface area contributed by atoms with Crippen molar-refractivity contribution in [1.29, 1.82) is 10.5 Å². The maximum absolute atomic E-state index is 13.2. The van der Waals surface area contributed by atoms with Crippen LogP contribution in [0.15, 0.2) is 63.9 Å².